The van der Waals surface area contributed by atoms with Gasteiger partial charge in [0.1, 0.15) is 5.75 Å². The van der Waals surface area contributed by atoms with E-state index in [9.17, 15) is 5.11 Å². The van der Waals surface area contributed by atoms with E-state index >= 15 is 0 Å². The lowest BCUT2D eigenvalue weighted by molar-refractivity contribution is 0.388. The summed E-state index contributed by atoms with van der Waals surface area (Å²) in [6, 6.07) is 13.3. The van der Waals surface area contributed by atoms with E-state index in [0.29, 0.717) is 5.95 Å². The third-order valence-corrected chi connectivity index (χ3v) is 5.27. The molecule has 0 aliphatic carbocycles. The van der Waals surface area contributed by atoms with Gasteiger partial charge in [0.15, 0.2) is 0 Å². The average Bonchev–Trinajstić information content (AvgIpc) is 3.43. The topological polar surface area (TPSA) is 87.8 Å². The molecule has 8 heteroatoms. The summed E-state index contributed by atoms with van der Waals surface area (Å²) in [6.45, 7) is 1.89. The number of nitrogens with zero attached hydrogens (tertiary/aromatic N) is 6. The highest BCUT2D eigenvalue weighted by Crippen LogP contribution is 2.33. The van der Waals surface area contributed by atoms with E-state index in [4.69, 9.17) is 0 Å². The van der Waals surface area contributed by atoms with Gasteiger partial charge >= 0.3 is 0 Å². The Morgan fingerprint density at radius 1 is 1.13 bits per heavy atom. The van der Waals surface area contributed by atoms with Crippen LogP contribution in [-0.4, -0.2) is 60.2 Å². The van der Waals surface area contributed by atoms with Crippen molar-refractivity contribution in [3.63, 3.8) is 0 Å². The highest BCUT2D eigenvalue weighted by molar-refractivity contribution is 5.96. The summed E-state index contributed by atoms with van der Waals surface area (Å²) in [6.07, 6.45) is 4.87. The van der Waals surface area contributed by atoms with Crippen molar-refractivity contribution in [2.75, 3.05) is 20.6 Å². The first-order valence-electron chi connectivity index (χ1n) is 9.93. The van der Waals surface area contributed by atoms with Gasteiger partial charge in [-0.1, -0.05) is 17.3 Å². The molecule has 0 saturated carbocycles. The van der Waals surface area contributed by atoms with Gasteiger partial charge in [-0.05, 0) is 57.4 Å². The van der Waals surface area contributed by atoms with Gasteiger partial charge in [0.05, 0.1) is 22.9 Å². The van der Waals surface area contributed by atoms with E-state index in [1.807, 2.05) is 30.3 Å². The van der Waals surface area contributed by atoms with Crippen LogP contribution in [0.2, 0.25) is 0 Å². The Labute approximate surface area is 173 Å². The van der Waals surface area contributed by atoms with Crippen LogP contribution in [0.1, 0.15) is 6.42 Å². The van der Waals surface area contributed by atoms with E-state index in [1.54, 1.807) is 23.0 Å². The Hall–Kier alpha value is -3.65. The van der Waals surface area contributed by atoms with Crippen molar-refractivity contribution in [3.8, 4) is 23.0 Å². The summed E-state index contributed by atoms with van der Waals surface area (Å²) < 4.78 is 3.94. The number of aromatic amines is 1. The van der Waals surface area contributed by atoms with Crippen molar-refractivity contribution in [1.29, 1.82) is 0 Å². The lowest BCUT2D eigenvalue weighted by atomic mass is 10.1. The fourth-order valence-electron chi connectivity index (χ4n) is 3.85. The first-order valence-corrected chi connectivity index (χ1v) is 9.93. The van der Waals surface area contributed by atoms with Crippen LogP contribution in [0.3, 0.4) is 0 Å². The number of hydrogen-bond donors (Lipinski definition) is 2. The highest BCUT2D eigenvalue weighted by Gasteiger charge is 2.18. The number of nitrogens with one attached hydrogen (secondary N) is 1. The van der Waals surface area contributed by atoms with Gasteiger partial charge in [-0.25, -0.2) is 4.98 Å². The van der Waals surface area contributed by atoms with Crippen molar-refractivity contribution in [2.45, 2.75) is 13.0 Å². The zero-order chi connectivity index (χ0) is 20.7. The van der Waals surface area contributed by atoms with Crippen LogP contribution in [0.15, 0.2) is 54.9 Å². The molecule has 0 saturated heterocycles. The number of hydrogen-bond acceptors (Lipinski definition) is 5. The van der Waals surface area contributed by atoms with Crippen LogP contribution in [-0.2, 0) is 6.54 Å². The molecular formula is C22H23N7O. The molecular weight excluding hydrogens is 378 g/mol. The minimum absolute atomic E-state index is 0.234. The fraction of sp³-hybridized carbons (Fsp3) is 0.227. The van der Waals surface area contributed by atoms with E-state index in [1.165, 1.54) is 0 Å². The van der Waals surface area contributed by atoms with E-state index in [-0.39, 0.29) is 5.75 Å². The van der Waals surface area contributed by atoms with E-state index < -0.39 is 0 Å². The number of rotatable bonds is 6. The number of fused-ring (bicyclic) bond motifs is 2. The minimum atomic E-state index is 0.234. The summed E-state index contributed by atoms with van der Waals surface area (Å²) >= 11 is 0. The number of phenolic OH excluding ortho intramolecular Hbond substituents is 1. The SMILES string of the molecule is CN(C)CCCn1cc(-c2cnnn2-c2nc3ccccc3[nH]2)c2cc(O)ccc21. The quantitative estimate of drug-likeness (QED) is 0.455. The molecule has 0 aliphatic rings. The Balaban J connectivity index is 1.62. The van der Waals surface area contributed by atoms with Crippen LogP contribution < -0.4 is 0 Å². The molecule has 5 rings (SSSR count). The number of para-hydroxylation sites is 2. The maximum atomic E-state index is 10.1. The molecule has 0 amide bonds. The number of aromatic nitrogens is 6. The summed E-state index contributed by atoms with van der Waals surface area (Å²) in [5.41, 5.74) is 4.65. The average molecular weight is 401 g/mol. The van der Waals surface area contributed by atoms with Gasteiger partial charge < -0.3 is 19.6 Å². The second-order valence-electron chi connectivity index (χ2n) is 7.70. The summed E-state index contributed by atoms with van der Waals surface area (Å²) in [5.74, 6) is 0.843. The molecule has 3 aromatic heterocycles. The van der Waals surface area contributed by atoms with Crippen LogP contribution in [0.25, 0.3) is 39.1 Å². The molecule has 152 valence electrons. The lowest BCUT2D eigenvalue weighted by Gasteiger charge is -2.10. The zero-order valence-electron chi connectivity index (χ0n) is 16.9. The molecule has 0 spiro atoms. The number of aromatic hydroxyl groups is 1. The minimum Gasteiger partial charge on any atom is -0.508 e. The van der Waals surface area contributed by atoms with Crippen LogP contribution in [0.5, 0.6) is 5.75 Å². The summed E-state index contributed by atoms with van der Waals surface area (Å²) in [7, 11) is 4.16. The maximum Gasteiger partial charge on any atom is 0.231 e. The number of benzene rings is 2. The Kier molecular flexibility index (Phi) is 4.48. The molecule has 0 unspecified atom stereocenters. The number of aryl methyl sites for hydroxylation is 1. The molecule has 2 N–H and O–H groups in total. The van der Waals surface area contributed by atoms with Crippen molar-refractivity contribution in [2.24, 2.45) is 0 Å². The van der Waals surface area contributed by atoms with E-state index in [2.05, 4.69) is 50.0 Å². The molecule has 8 nitrogen and oxygen atoms in total. The zero-order valence-corrected chi connectivity index (χ0v) is 16.9. The smallest absolute Gasteiger partial charge is 0.231 e. The molecule has 30 heavy (non-hydrogen) atoms. The van der Waals surface area contributed by atoms with Crippen molar-refractivity contribution in [3.05, 3.63) is 54.9 Å². The standard InChI is InChI=1S/C22H23N7O/c1-27(2)10-5-11-28-14-17(16-12-15(30)8-9-20(16)28)21-13-23-26-29(21)22-24-18-6-3-4-7-19(18)25-22/h3-4,6-9,12-14,30H,5,10-11H2,1-2H3,(H,24,25). The number of H-pyrrole nitrogens is 1. The van der Waals surface area contributed by atoms with Crippen LogP contribution in [0, 0.1) is 0 Å². The monoisotopic (exact) mass is 401 g/mol. The normalized spacial score (nSPS) is 11.8. The van der Waals surface area contributed by atoms with Crippen molar-refractivity contribution in [1.82, 2.24) is 34.4 Å². The predicted octanol–water partition coefficient (Wildman–Crippen LogP) is 3.42. The maximum absolute atomic E-state index is 10.1. The van der Waals surface area contributed by atoms with Gasteiger partial charge in [-0.2, -0.15) is 4.68 Å². The number of imidazole rings is 1. The molecule has 0 atom stereocenters. The number of phenols is 1. The van der Waals surface area contributed by atoms with Crippen molar-refractivity contribution >= 4 is 21.9 Å². The van der Waals surface area contributed by atoms with Gasteiger partial charge in [0.25, 0.3) is 0 Å². The van der Waals surface area contributed by atoms with Crippen LogP contribution >= 0.6 is 0 Å². The molecule has 5 aromatic rings. The van der Waals surface area contributed by atoms with E-state index in [0.717, 1.165) is 52.7 Å². The van der Waals surface area contributed by atoms with Gasteiger partial charge in [0.2, 0.25) is 5.95 Å². The predicted molar refractivity (Wildman–Crippen MR) is 117 cm³/mol. The van der Waals surface area contributed by atoms with Gasteiger partial charge in [0, 0.05) is 29.2 Å². The molecule has 3 heterocycles. The first kappa shape index (κ1) is 18.4. The molecule has 0 bridgehead atoms. The van der Waals surface area contributed by atoms with Crippen molar-refractivity contribution < 1.29 is 5.11 Å². The largest absolute Gasteiger partial charge is 0.508 e. The van der Waals surface area contributed by atoms with Crippen LogP contribution in [0.4, 0.5) is 0 Å². The Morgan fingerprint density at radius 2 is 2.00 bits per heavy atom. The first-order chi connectivity index (χ1) is 14.6. The Bertz CT molecular complexity index is 1300. The molecule has 0 fully saturated rings. The highest BCUT2D eigenvalue weighted by atomic mass is 16.3. The summed E-state index contributed by atoms with van der Waals surface area (Å²) in [5, 5.41) is 19.5. The fourth-order valence-corrected chi connectivity index (χ4v) is 3.85. The second-order valence-corrected chi connectivity index (χ2v) is 7.70. The van der Waals surface area contributed by atoms with Gasteiger partial charge in [-0.3, -0.25) is 0 Å². The van der Waals surface area contributed by atoms with Gasteiger partial charge in [-0.15, -0.1) is 5.10 Å². The molecule has 0 radical (unpaired) electrons. The lowest BCUT2D eigenvalue weighted by Crippen LogP contribution is -2.14. The third kappa shape index (κ3) is 3.21. The summed E-state index contributed by atoms with van der Waals surface area (Å²) in [4.78, 5) is 10.1. The Morgan fingerprint density at radius 3 is 2.83 bits per heavy atom. The second kappa shape index (κ2) is 7.31. The third-order valence-electron chi connectivity index (χ3n) is 5.27. The molecule has 0 aliphatic heterocycles. The molecule has 2 aromatic carbocycles.